The zero-order chi connectivity index (χ0) is 26.2. The van der Waals surface area contributed by atoms with Crippen LogP contribution in [-0.2, 0) is 15.5 Å². The Hall–Kier alpha value is -4.29. The quantitative estimate of drug-likeness (QED) is 0.367. The molecule has 0 saturated heterocycles. The largest absolute Gasteiger partial charge is 0.434 e. The first-order valence-electron chi connectivity index (χ1n) is 10.5. The first-order valence-corrected chi connectivity index (χ1v) is 10.5. The third kappa shape index (κ3) is 5.04. The molecule has 0 bridgehead atoms. The topological polar surface area (TPSA) is 110 Å². The van der Waals surface area contributed by atoms with Crippen LogP contribution in [0, 0.1) is 12.8 Å². The number of anilines is 2. The van der Waals surface area contributed by atoms with Crippen LogP contribution >= 0.6 is 0 Å². The number of nitrogens with zero attached hydrogens (tertiary/aromatic N) is 4. The summed E-state index contributed by atoms with van der Waals surface area (Å²) in [5, 5.41) is 15.0. The monoisotopic (exact) mass is 505 g/mol. The number of aryl methyl sites for hydroxylation is 1. The van der Waals surface area contributed by atoms with E-state index in [-0.39, 0.29) is 45.7 Å². The maximum Gasteiger partial charge on any atom is 0.387 e. The molecule has 36 heavy (non-hydrogen) atoms. The molecule has 1 aliphatic heterocycles. The molecular formula is C23H19F4N5O4. The van der Waals surface area contributed by atoms with Gasteiger partial charge in [0.1, 0.15) is 5.75 Å². The minimum absolute atomic E-state index is 0.0146. The van der Waals surface area contributed by atoms with Gasteiger partial charge < -0.3 is 14.5 Å². The third-order valence-corrected chi connectivity index (χ3v) is 5.21. The van der Waals surface area contributed by atoms with Crippen LogP contribution in [0.15, 0.2) is 52.0 Å². The number of hydrazone groups is 1. The van der Waals surface area contributed by atoms with E-state index in [4.69, 9.17) is 4.42 Å². The van der Waals surface area contributed by atoms with E-state index in [0.29, 0.717) is 0 Å². The minimum Gasteiger partial charge on any atom is -0.434 e. The molecule has 9 nitrogen and oxygen atoms in total. The van der Waals surface area contributed by atoms with E-state index in [1.165, 1.54) is 50.2 Å². The number of ether oxygens (including phenoxy) is 1. The fourth-order valence-electron chi connectivity index (χ4n) is 3.56. The maximum atomic E-state index is 13.6. The SMILES string of the molecule is CC1=NN(c2ccc(OC(F)F)c(-c3nnc(C)o3)c2)C(=O)C1C(=O)Nc1cccc(C(C)(F)F)c1. The van der Waals surface area contributed by atoms with Gasteiger partial charge in [0.25, 0.3) is 17.7 Å². The van der Waals surface area contributed by atoms with Crippen molar-refractivity contribution in [1.29, 1.82) is 0 Å². The number of rotatable bonds is 7. The van der Waals surface area contributed by atoms with E-state index in [0.717, 1.165) is 18.0 Å². The number of nitrogens with one attached hydrogen (secondary N) is 1. The Morgan fingerprint density at radius 2 is 1.92 bits per heavy atom. The second-order valence-electron chi connectivity index (χ2n) is 7.97. The molecule has 3 aromatic rings. The Balaban J connectivity index is 1.60. The molecule has 1 unspecified atom stereocenters. The van der Waals surface area contributed by atoms with Crippen molar-refractivity contribution >= 4 is 28.9 Å². The average molecular weight is 505 g/mol. The zero-order valence-corrected chi connectivity index (χ0v) is 19.1. The van der Waals surface area contributed by atoms with Crippen molar-refractivity contribution in [3.05, 3.63) is 53.9 Å². The summed E-state index contributed by atoms with van der Waals surface area (Å²) in [5.74, 6) is -6.20. The molecule has 1 aliphatic rings. The molecule has 1 N–H and O–H groups in total. The van der Waals surface area contributed by atoms with Crippen LogP contribution in [0.1, 0.15) is 25.3 Å². The number of halogens is 4. The van der Waals surface area contributed by atoms with Crippen molar-refractivity contribution in [2.24, 2.45) is 11.0 Å². The summed E-state index contributed by atoms with van der Waals surface area (Å²) < 4.78 is 62.9. The third-order valence-electron chi connectivity index (χ3n) is 5.21. The summed E-state index contributed by atoms with van der Waals surface area (Å²) >= 11 is 0. The van der Waals surface area contributed by atoms with E-state index in [2.05, 4.69) is 25.4 Å². The number of alkyl halides is 4. The molecule has 188 valence electrons. The Morgan fingerprint density at radius 1 is 1.17 bits per heavy atom. The number of hydrogen-bond acceptors (Lipinski definition) is 7. The summed E-state index contributed by atoms with van der Waals surface area (Å²) in [6.07, 6.45) is 0. The fourth-order valence-corrected chi connectivity index (χ4v) is 3.56. The second-order valence-corrected chi connectivity index (χ2v) is 7.97. The Kier molecular flexibility index (Phi) is 6.48. The number of aromatic nitrogens is 2. The van der Waals surface area contributed by atoms with Crippen molar-refractivity contribution < 1.29 is 36.3 Å². The van der Waals surface area contributed by atoms with Gasteiger partial charge in [-0.2, -0.15) is 18.9 Å². The van der Waals surface area contributed by atoms with Gasteiger partial charge in [-0.3, -0.25) is 9.59 Å². The van der Waals surface area contributed by atoms with Gasteiger partial charge in [-0.1, -0.05) is 12.1 Å². The number of hydrogen-bond donors (Lipinski definition) is 1. The van der Waals surface area contributed by atoms with Gasteiger partial charge in [-0.15, -0.1) is 10.2 Å². The molecule has 13 heteroatoms. The Morgan fingerprint density at radius 3 is 2.56 bits per heavy atom. The van der Waals surface area contributed by atoms with Crippen LogP contribution in [-0.4, -0.2) is 34.3 Å². The molecule has 0 spiro atoms. The van der Waals surface area contributed by atoms with Crippen molar-refractivity contribution in [3.63, 3.8) is 0 Å². The van der Waals surface area contributed by atoms with Crippen LogP contribution in [0.3, 0.4) is 0 Å². The first-order chi connectivity index (χ1) is 16.9. The summed E-state index contributed by atoms with van der Waals surface area (Å²) in [6.45, 7) is 0.554. The van der Waals surface area contributed by atoms with Crippen LogP contribution in [0.25, 0.3) is 11.5 Å². The standard InChI is InChI=1S/C23H19F4N5O4/c1-11-18(19(33)28-14-6-4-5-13(9-14)23(3,26)27)21(34)32(31-11)15-7-8-17(36-22(24)25)16(10-15)20-30-29-12(2)35-20/h4-10,18,22H,1-3H3,(H,28,33). The highest BCUT2D eigenvalue weighted by Gasteiger charge is 2.40. The lowest BCUT2D eigenvalue weighted by atomic mass is 10.0. The number of carbonyl (C=O) groups is 2. The maximum absolute atomic E-state index is 13.6. The van der Waals surface area contributed by atoms with E-state index in [1.807, 2.05) is 0 Å². The zero-order valence-electron chi connectivity index (χ0n) is 19.1. The Bertz CT molecular complexity index is 1350. The Labute approximate surface area is 201 Å². The number of benzene rings is 2. The summed E-state index contributed by atoms with van der Waals surface area (Å²) in [6, 6.07) is 8.86. The first kappa shape index (κ1) is 24.8. The molecule has 2 amide bonds. The molecular weight excluding hydrogens is 486 g/mol. The van der Waals surface area contributed by atoms with Crippen molar-refractivity contribution in [2.45, 2.75) is 33.3 Å². The lowest BCUT2D eigenvalue weighted by Gasteiger charge is -2.17. The van der Waals surface area contributed by atoms with Gasteiger partial charge in [0.15, 0.2) is 5.92 Å². The fraction of sp³-hybridized carbons (Fsp3) is 0.261. The molecule has 0 radical (unpaired) electrons. The normalized spacial score (nSPS) is 15.9. The highest BCUT2D eigenvalue weighted by Crippen LogP contribution is 2.36. The highest BCUT2D eigenvalue weighted by atomic mass is 19.3. The van der Waals surface area contributed by atoms with Crippen molar-refractivity contribution in [3.8, 4) is 17.2 Å². The molecule has 0 saturated carbocycles. The smallest absolute Gasteiger partial charge is 0.387 e. The van der Waals surface area contributed by atoms with E-state index in [1.54, 1.807) is 0 Å². The number of carbonyl (C=O) groups excluding carboxylic acids is 2. The molecule has 1 aromatic heterocycles. The number of amides is 2. The van der Waals surface area contributed by atoms with Gasteiger partial charge in [-0.05, 0) is 37.3 Å². The highest BCUT2D eigenvalue weighted by molar-refractivity contribution is 6.28. The molecule has 1 atom stereocenters. The molecule has 2 aromatic carbocycles. The second kappa shape index (κ2) is 9.40. The van der Waals surface area contributed by atoms with Gasteiger partial charge in [0.05, 0.1) is 17.0 Å². The summed E-state index contributed by atoms with van der Waals surface area (Å²) in [4.78, 5) is 26.0. The van der Waals surface area contributed by atoms with Crippen LogP contribution < -0.4 is 15.1 Å². The van der Waals surface area contributed by atoms with Gasteiger partial charge >= 0.3 is 6.61 Å². The van der Waals surface area contributed by atoms with E-state index in [9.17, 15) is 27.2 Å². The lowest BCUT2D eigenvalue weighted by Crippen LogP contribution is -2.36. The lowest BCUT2D eigenvalue weighted by molar-refractivity contribution is -0.127. The van der Waals surface area contributed by atoms with E-state index < -0.39 is 30.3 Å². The summed E-state index contributed by atoms with van der Waals surface area (Å²) in [7, 11) is 0. The van der Waals surface area contributed by atoms with Crippen LogP contribution in [0.5, 0.6) is 5.75 Å². The van der Waals surface area contributed by atoms with Gasteiger partial charge in [-0.25, -0.2) is 8.78 Å². The average Bonchev–Trinajstić information content (AvgIpc) is 3.35. The molecule has 2 heterocycles. The van der Waals surface area contributed by atoms with Gasteiger partial charge in [0.2, 0.25) is 11.8 Å². The minimum atomic E-state index is -3.13. The predicted octanol–water partition coefficient (Wildman–Crippen LogP) is 4.74. The van der Waals surface area contributed by atoms with Gasteiger partial charge in [0, 0.05) is 25.1 Å². The predicted molar refractivity (Wildman–Crippen MR) is 120 cm³/mol. The van der Waals surface area contributed by atoms with Crippen molar-refractivity contribution in [2.75, 3.05) is 10.3 Å². The molecule has 4 rings (SSSR count). The van der Waals surface area contributed by atoms with E-state index >= 15 is 0 Å². The summed E-state index contributed by atoms with van der Waals surface area (Å²) in [5.41, 5.74) is 0.0205. The molecule has 0 fully saturated rings. The van der Waals surface area contributed by atoms with Crippen molar-refractivity contribution in [1.82, 2.24) is 10.2 Å². The van der Waals surface area contributed by atoms with Crippen LogP contribution in [0.2, 0.25) is 0 Å². The van der Waals surface area contributed by atoms with Crippen LogP contribution in [0.4, 0.5) is 28.9 Å². The molecule has 0 aliphatic carbocycles.